The average molecular weight is 374 g/mol. The van der Waals surface area contributed by atoms with Crippen molar-refractivity contribution in [3.8, 4) is 5.75 Å². The van der Waals surface area contributed by atoms with Gasteiger partial charge in [0, 0.05) is 4.43 Å². The van der Waals surface area contributed by atoms with Gasteiger partial charge in [0.05, 0.1) is 12.2 Å². The minimum atomic E-state index is 0.108. The highest BCUT2D eigenvalue weighted by Gasteiger charge is 2.30. The molecule has 0 aromatic heterocycles. The Morgan fingerprint density at radius 3 is 2.26 bits per heavy atom. The molecule has 0 saturated heterocycles. The van der Waals surface area contributed by atoms with E-state index in [0.29, 0.717) is 13.2 Å². The second-order valence-corrected chi connectivity index (χ2v) is 6.00. The SMILES string of the molecule is ICC1(OCCOc2ccccc2)CCCCCC1. The van der Waals surface area contributed by atoms with Gasteiger partial charge in [-0.1, -0.05) is 66.5 Å². The van der Waals surface area contributed by atoms with Gasteiger partial charge in [0.2, 0.25) is 0 Å². The summed E-state index contributed by atoms with van der Waals surface area (Å²) < 4.78 is 13.0. The molecule has 0 spiro atoms. The third-order valence-electron chi connectivity index (χ3n) is 3.76. The maximum Gasteiger partial charge on any atom is 0.119 e. The van der Waals surface area contributed by atoms with E-state index in [1.807, 2.05) is 30.3 Å². The second-order valence-electron chi connectivity index (χ2n) is 5.24. The van der Waals surface area contributed by atoms with Crippen molar-refractivity contribution in [2.45, 2.75) is 44.1 Å². The number of rotatable bonds is 6. The summed E-state index contributed by atoms with van der Waals surface area (Å²) in [5.41, 5.74) is 0.108. The van der Waals surface area contributed by atoms with Gasteiger partial charge in [0.15, 0.2) is 0 Å². The summed E-state index contributed by atoms with van der Waals surface area (Å²) in [6, 6.07) is 9.96. The maximum atomic E-state index is 6.19. The third kappa shape index (κ3) is 4.95. The van der Waals surface area contributed by atoms with Crippen molar-refractivity contribution >= 4 is 22.6 Å². The van der Waals surface area contributed by atoms with E-state index in [1.165, 1.54) is 38.5 Å². The third-order valence-corrected chi connectivity index (χ3v) is 5.15. The smallest absolute Gasteiger partial charge is 0.119 e. The summed E-state index contributed by atoms with van der Waals surface area (Å²) in [6.07, 6.45) is 7.76. The van der Waals surface area contributed by atoms with Gasteiger partial charge in [0.25, 0.3) is 0 Å². The van der Waals surface area contributed by atoms with Crippen LogP contribution < -0.4 is 4.74 Å². The maximum absolute atomic E-state index is 6.19. The Morgan fingerprint density at radius 1 is 0.947 bits per heavy atom. The van der Waals surface area contributed by atoms with E-state index in [1.54, 1.807) is 0 Å². The van der Waals surface area contributed by atoms with Crippen LogP contribution in [0.2, 0.25) is 0 Å². The molecule has 1 aliphatic rings. The molecule has 1 fully saturated rings. The first-order valence-electron chi connectivity index (χ1n) is 7.22. The largest absolute Gasteiger partial charge is 0.491 e. The van der Waals surface area contributed by atoms with Crippen LogP contribution in [0.5, 0.6) is 5.75 Å². The number of benzene rings is 1. The van der Waals surface area contributed by atoms with Crippen LogP contribution in [0, 0.1) is 0 Å². The first-order valence-corrected chi connectivity index (χ1v) is 8.75. The van der Waals surface area contributed by atoms with Gasteiger partial charge < -0.3 is 9.47 Å². The second kappa shape index (κ2) is 8.10. The topological polar surface area (TPSA) is 18.5 Å². The van der Waals surface area contributed by atoms with Gasteiger partial charge in [0.1, 0.15) is 12.4 Å². The number of para-hydroxylation sites is 1. The average Bonchev–Trinajstić information content (AvgIpc) is 2.71. The Bertz CT molecular complexity index is 345. The van der Waals surface area contributed by atoms with Crippen molar-refractivity contribution in [3.63, 3.8) is 0 Å². The van der Waals surface area contributed by atoms with E-state index in [9.17, 15) is 0 Å². The van der Waals surface area contributed by atoms with Gasteiger partial charge in [-0.25, -0.2) is 0 Å². The predicted octanol–water partition coefficient (Wildman–Crippen LogP) is 4.61. The number of hydrogen-bond donors (Lipinski definition) is 0. The van der Waals surface area contributed by atoms with Crippen molar-refractivity contribution in [1.29, 1.82) is 0 Å². The van der Waals surface area contributed by atoms with E-state index < -0.39 is 0 Å². The summed E-state index contributed by atoms with van der Waals surface area (Å²) in [7, 11) is 0. The van der Waals surface area contributed by atoms with Crippen LogP contribution in [-0.4, -0.2) is 23.2 Å². The highest BCUT2D eigenvalue weighted by Crippen LogP contribution is 2.32. The first-order chi connectivity index (χ1) is 9.35. The molecule has 0 heterocycles. The molecule has 1 aromatic carbocycles. The summed E-state index contributed by atoms with van der Waals surface area (Å²) in [5.74, 6) is 0.926. The Kier molecular flexibility index (Phi) is 6.44. The highest BCUT2D eigenvalue weighted by molar-refractivity contribution is 14.1. The van der Waals surface area contributed by atoms with Crippen molar-refractivity contribution in [2.24, 2.45) is 0 Å². The molecule has 2 rings (SSSR count). The molecule has 0 bridgehead atoms. The van der Waals surface area contributed by atoms with Crippen LogP contribution in [0.4, 0.5) is 0 Å². The summed E-state index contributed by atoms with van der Waals surface area (Å²) in [6.45, 7) is 1.33. The molecule has 19 heavy (non-hydrogen) atoms. The monoisotopic (exact) mass is 374 g/mol. The number of halogens is 1. The molecule has 2 nitrogen and oxygen atoms in total. The fraction of sp³-hybridized carbons (Fsp3) is 0.625. The van der Waals surface area contributed by atoms with Crippen molar-refractivity contribution in [3.05, 3.63) is 30.3 Å². The van der Waals surface area contributed by atoms with Crippen molar-refractivity contribution in [2.75, 3.05) is 17.6 Å². The molecular weight excluding hydrogens is 351 g/mol. The summed E-state index contributed by atoms with van der Waals surface area (Å²) >= 11 is 2.47. The van der Waals surface area contributed by atoms with Gasteiger partial charge in [-0.15, -0.1) is 0 Å². The molecular formula is C16H23IO2. The lowest BCUT2D eigenvalue weighted by atomic mass is 9.97. The molecule has 1 aromatic rings. The van der Waals surface area contributed by atoms with Crippen molar-refractivity contribution in [1.82, 2.24) is 0 Å². The Labute approximate surface area is 130 Å². The van der Waals surface area contributed by atoms with Crippen LogP contribution in [-0.2, 0) is 4.74 Å². The number of ether oxygens (including phenoxy) is 2. The Morgan fingerprint density at radius 2 is 1.63 bits per heavy atom. The van der Waals surface area contributed by atoms with E-state index in [-0.39, 0.29) is 5.60 Å². The van der Waals surface area contributed by atoms with Crippen LogP contribution in [0.25, 0.3) is 0 Å². The molecule has 1 aliphatic carbocycles. The molecule has 0 aliphatic heterocycles. The molecule has 0 atom stereocenters. The predicted molar refractivity (Wildman–Crippen MR) is 87.2 cm³/mol. The van der Waals surface area contributed by atoms with Crippen LogP contribution >= 0.6 is 22.6 Å². The lowest BCUT2D eigenvalue weighted by molar-refractivity contribution is -0.0463. The minimum Gasteiger partial charge on any atom is -0.491 e. The van der Waals surface area contributed by atoms with E-state index in [2.05, 4.69) is 22.6 Å². The molecule has 106 valence electrons. The zero-order chi connectivity index (χ0) is 13.4. The van der Waals surface area contributed by atoms with Gasteiger partial charge in [-0.3, -0.25) is 0 Å². The van der Waals surface area contributed by atoms with E-state index in [0.717, 1.165) is 10.2 Å². The molecule has 3 heteroatoms. The normalized spacial score (nSPS) is 18.8. The zero-order valence-corrected chi connectivity index (χ0v) is 13.6. The van der Waals surface area contributed by atoms with Gasteiger partial charge in [-0.05, 0) is 25.0 Å². The Hall–Kier alpha value is -0.290. The zero-order valence-electron chi connectivity index (χ0n) is 11.4. The molecule has 1 saturated carbocycles. The van der Waals surface area contributed by atoms with E-state index >= 15 is 0 Å². The Balaban J connectivity index is 1.73. The van der Waals surface area contributed by atoms with Gasteiger partial charge >= 0.3 is 0 Å². The van der Waals surface area contributed by atoms with E-state index in [4.69, 9.17) is 9.47 Å². The van der Waals surface area contributed by atoms with Crippen LogP contribution in [0.15, 0.2) is 30.3 Å². The fourth-order valence-electron chi connectivity index (χ4n) is 2.62. The lowest BCUT2D eigenvalue weighted by Gasteiger charge is -2.31. The molecule has 0 N–H and O–H groups in total. The molecule has 0 unspecified atom stereocenters. The minimum absolute atomic E-state index is 0.108. The number of alkyl halides is 1. The summed E-state index contributed by atoms with van der Waals surface area (Å²) in [4.78, 5) is 0. The molecule has 0 amide bonds. The van der Waals surface area contributed by atoms with Crippen LogP contribution in [0.1, 0.15) is 38.5 Å². The van der Waals surface area contributed by atoms with Gasteiger partial charge in [-0.2, -0.15) is 0 Å². The summed E-state index contributed by atoms with van der Waals surface area (Å²) in [5, 5.41) is 0. The van der Waals surface area contributed by atoms with Crippen molar-refractivity contribution < 1.29 is 9.47 Å². The molecule has 0 radical (unpaired) electrons. The first kappa shape index (κ1) is 15.1. The standard InChI is InChI=1S/C16H23IO2/c17-14-16(10-6-1-2-7-11-16)19-13-12-18-15-8-4-3-5-9-15/h3-5,8-9H,1-2,6-7,10-14H2. The lowest BCUT2D eigenvalue weighted by Crippen LogP contribution is -2.35. The number of hydrogen-bond acceptors (Lipinski definition) is 2. The quantitative estimate of drug-likeness (QED) is 0.313. The highest BCUT2D eigenvalue weighted by atomic mass is 127. The fourth-order valence-corrected chi connectivity index (χ4v) is 3.61. The van der Waals surface area contributed by atoms with Crippen LogP contribution in [0.3, 0.4) is 0 Å².